The monoisotopic (exact) mass is 228 g/mol. The number of aromatic carboxylic acids is 1. The zero-order chi connectivity index (χ0) is 12.0. The van der Waals surface area contributed by atoms with Gasteiger partial charge in [-0.3, -0.25) is 0 Å². The summed E-state index contributed by atoms with van der Waals surface area (Å²) in [5.74, 6) is -0.432. The number of hydrogen-bond acceptors (Lipinski definition) is 2. The Morgan fingerprint density at radius 2 is 2.29 bits per heavy atom. The summed E-state index contributed by atoms with van der Waals surface area (Å²) >= 11 is 0. The van der Waals surface area contributed by atoms with Crippen molar-refractivity contribution in [3.63, 3.8) is 0 Å². The number of aromatic amines is 1. The highest BCUT2D eigenvalue weighted by Gasteiger charge is 2.19. The maximum absolute atomic E-state index is 10.9. The Labute approximate surface area is 99.5 Å². The van der Waals surface area contributed by atoms with Gasteiger partial charge in [-0.25, -0.2) is 0 Å². The minimum atomic E-state index is -1.11. The average molecular weight is 228 g/mol. The van der Waals surface area contributed by atoms with Crippen molar-refractivity contribution in [3.8, 4) is 0 Å². The number of nitrogens with one attached hydrogen (secondary N) is 1. The molecule has 1 N–H and O–H groups in total. The third kappa shape index (κ3) is 1.62. The van der Waals surface area contributed by atoms with Crippen molar-refractivity contribution in [2.75, 3.05) is 0 Å². The van der Waals surface area contributed by atoms with Crippen LogP contribution in [0.15, 0.2) is 18.2 Å². The summed E-state index contributed by atoms with van der Waals surface area (Å²) in [4.78, 5) is 14.3. The third-order valence-corrected chi connectivity index (χ3v) is 3.67. The molecule has 1 heterocycles. The molecule has 0 saturated heterocycles. The molecule has 3 rings (SSSR count). The van der Waals surface area contributed by atoms with Crippen molar-refractivity contribution in [1.82, 2.24) is 4.98 Å². The molecule has 3 nitrogen and oxygen atoms in total. The second-order valence-corrected chi connectivity index (χ2v) is 4.98. The Balaban J connectivity index is 2.21. The van der Waals surface area contributed by atoms with Crippen LogP contribution in [0.5, 0.6) is 0 Å². The fourth-order valence-corrected chi connectivity index (χ4v) is 2.72. The van der Waals surface area contributed by atoms with Crippen LogP contribution in [0, 0.1) is 5.92 Å². The number of carboxylic acids is 1. The Morgan fingerprint density at radius 3 is 3.06 bits per heavy atom. The van der Waals surface area contributed by atoms with E-state index in [2.05, 4.69) is 11.9 Å². The van der Waals surface area contributed by atoms with E-state index in [-0.39, 0.29) is 5.56 Å². The predicted octanol–water partition coefficient (Wildman–Crippen LogP) is 1.66. The molecule has 0 amide bonds. The molecule has 1 atom stereocenters. The molecule has 88 valence electrons. The Kier molecular flexibility index (Phi) is 2.21. The van der Waals surface area contributed by atoms with E-state index in [0.717, 1.165) is 23.7 Å². The standard InChI is InChI=1S/C14H15NO2/c1-8-2-4-12-10(6-8)11-7-9(14(16)17)3-5-13(11)15-12/h3,5,7-8,15H,2,4,6H2,1H3,(H,16,17)/p-1. The molecule has 1 unspecified atom stereocenters. The summed E-state index contributed by atoms with van der Waals surface area (Å²) in [5, 5.41) is 11.9. The first-order valence-corrected chi connectivity index (χ1v) is 6.00. The van der Waals surface area contributed by atoms with E-state index in [9.17, 15) is 9.90 Å². The van der Waals surface area contributed by atoms with Gasteiger partial charge >= 0.3 is 0 Å². The fraction of sp³-hybridized carbons (Fsp3) is 0.357. The highest BCUT2D eigenvalue weighted by molar-refractivity contribution is 5.94. The van der Waals surface area contributed by atoms with Crippen LogP contribution in [-0.4, -0.2) is 11.0 Å². The van der Waals surface area contributed by atoms with Gasteiger partial charge < -0.3 is 14.9 Å². The summed E-state index contributed by atoms with van der Waals surface area (Å²) < 4.78 is 0. The molecule has 2 aromatic rings. The second kappa shape index (κ2) is 3.62. The SMILES string of the molecule is CC1CCc2[nH]c3ccc(C(=O)[O-])cc3c2C1. The quantitative estimate of drug-likeness (QED) is 0.807. The van der Waals surface area contributed by atoms with Gasteiger partial charge in [0.1, 0.15) is 0 Å². The lowest BCUT2D eigenvalue weighted by Crippen LogP contribution is -2.22. The third-order valence-electron chi connectivity index (χ3n) is 3.67. The van der Waals surface area contributed by atoms with Crippen LogP contribution in [0.1, 0.15) is 35.0 Å². The van der Waals surface area contributed by atoms with E-state index in [1.807, 2.05) is 6.07 Å². The Hall–Kier alpha value is -1.77. The van der Waals surface area contributed by atoms with E-state index in [4.69, 9.17) is 0 Å². The van der Waals surface area contributed by atoms with E-state index in [1.54, 1.807) is 12.1 Å². The summed E-state index contributed by atoms with van der Waals surface area (Å²) in [6.07, 6.45) is 3.30. The number of fused-ring (bicyclic) bond motifs is 3. The first-order valence-electron chi connectivity index (χ1n) is 6.00. The van der Waals surface area contributed by atoms with E-state index >= 15 is 0 Å². The Morgan fingerprint density at radius 1 is 1.47 bits per heavy atom. The number of carbonyl (C=O) groups excluding carboxylic acids is 1. The number of carboxylic acid groups (broad SMARTS) is 1. The maximum Gasteiger partial charge on any atom is 0.0715 e. The van der Waals surface area contributed by atoms with E-state index in [0.29, 0.717) is 5.92 Å². The molecule has 0 fully saturated rings. The van der Waals surface area contributed by atoms with Gasteiger partial charge in [-0.05, 0) is 48.4 Å². The number of aryl methyl sites for hydroxylation is 1. The molecule has 3 heteroatoms. The highest BCUT2D eigenvalue weighted by atomic mass is 16.4. The lowest BCUT2D eigenvalue weighted by Gasteiger charge is -2.18. The number of rotatable bonds is 1. The molecule has 1 aromatic heterocycles. The molecular weight excluding hydrogens is 214 g/mol. The summed E-state index contributed by atoms with van der Waals surface area (Å²) in [6, 6.07) is 5.17. The average Bonchev–Trinajstić information content (AvgIpc) is 2.66. The molecule has 0 saturated carbocycles. The lowest BCUT2D eigenvalue weighted by molar-refractivity contribution is -0.255. The number of hydrogen-bond donors (Lipinski definition) is 1. The smallest absolute Gasteiger partial charge is 0.0715 e. The van der Waals surface area contributed by atoms with Crippen molar-refractivity contribution in [1.29, 1.82) is 0 Å². The molecular formula is C14H14NO2-. The molecule has 1 aromatic carbocycles. The first-order chi connectivity index (χ1) is 8.15. The first kappa shape index (κ1) is 10.4. The number of benzene rings is 1. The normalized spacial score (nSPS) is 19.2. The summed E-state index contributed by atoms with van der Waals surface area (Å²) in [6.45, 7) is 2.24. The number of carbonyl (C=O) groups is 1. The van der Waals surface area contributed by atoms with Gasteiger partial charge in [0.25, 0.3) is 0 Å². The maximum atomic E-state index is 10.9. The van der Waals surface area contributed by atoms with Crippen molar-refractivity contribution < 1.29 is 9.90 Å². The minimum absolute atomic E-state index is 0.262. The van der Waals surface area contributed by atoms with E-state index < -0.39 is 5.97 Å². The molecule has 17 heavy (non-hydrogen) atoms. The van der Waals surface area contributed by atoms with Crippen LogP contribution in [0.4, 0.5) is 0 Å². The summed E-state index contributed by atoms with van der Waals surface area (Å²) in [7, 11) is 0. The van der Waals surface area contributed by atoms with Gasteiger partial charge in [0, 0.05) is 16.6 Å². The zero-order valence-corrected chi connectivity index (χ0v) is 9.75. The van der Waals surface area contributed by atoms with Crippen molar-refractivity contribution >= 4 is 16.9 Å². The van der Waals surface area contributed by atoms with Crippen molar-refractivity contribution in [2.45, 2.75) is 26.2 Å². The van der Waals surface area contributed by atoms with Gasteiger partial charge in [-0.15, -0.1) is 0 Å². The molecule has 0 radical (unpaired) electrons. The molecule has 0 aliphatic heterocycles. The van der Waals surface area contributed by atoms with Crippen LogP contribution in [-0.2, 0) is 12.8 Å². The van der Waals surface area contributed by atoms with Crippen LogP contribution in [0.25, 0.3) is 10.9 Å². The zero-order valence-electron chi connectivity index (χ0n) is 9.75. The molecule has 0 bridgehead atoms. The second-order valence-electron chi connectivity index (χ2n) is 4.98. The molecule has 0 spiro atoms. The highest BCUT2D eigenvalue weighted by Crippen LogP contribution is 2.31. The number of H-pyrrole nitrogens is 1. The van der Waals surface area contributed by atoms with Crippen LogP contribution in [0.2, 0.25) is 0 Å². The van der Waals surface area contributed by atoms with Crippen molar-refractivity contribution in [2.24, 2.45) is 5.92 Å². The summed E-state index contributed by atoms with van der Waals surface area (Å²) in [5.41, 5.74) is 3.86. The van der Waals surface area contributed by atoms with Crippen LogP contribution < -0.4 is 5.11 Å². The van der Waals surface area contributed by atoms with Crippen LogP contribution >= 0.6 is 0 Å². The predicted molar refractivity (Wildman–Crippen MR) is 63.8 cm³/mol. The molecule has 1 aliphatic rings. The minimum Gasteiger partial charge on any atom is -0.545 e. The largest absolute Gasteiger partial charge is 0.545 e. The Bertz CT molecular complexity index is 598. The molecule has 1 aliphatic carbocycles. The van der Waals surface area contributed by atoms with Gasteiger partial charge in [-0.1, -0.05) is 13.0 Å². The fourth-order valence-electron chi connectivity index (χ4n) is 2.72. The number of aromatic nitrogens is 1. The van der Waals surface area contributed by atoms with E-state index in [1.165, 1.54) is 17.7 Å². The topological polar surface area (TPSA) is 55.9 Å². The lowest BCUT2D eigenvalue weighted by atomic mass is 9.87. The van der Waals surface area contributed by atoms with Gasteiger partial charge in [0.15, 0.2) is 0 Å². The van der Waals surface area contributed by atoms with Gasteiger partial charge in [0.05, 0.1) is 5.97 Å². The van der Waals surface area contributed by atoms with Gasteiger partial charge in [-0.2, -0.15) is 0 Å². The van der Waals surface area contributed by atoms with Crippen molar-refractivity contribution in [3.05, 3.63) is 35.0 Å². The van der Waals surface area contributed by atoms with Crippen LogP contribution in [0.3, 0.4) is 0 Å². The van der Waals surface area contributed by atoms with Gasteiger partial charge in [0.2, 0.25) is 0 Å².